The molecular weight excluding hydrogens is 326 g/mol. The normalized spacial score (nSPS) is 12.2. The summed E-state index contributed by atoms with van der Waals surface area (Å²) in [6, 6.07) is 0. The van der Waals surface area contributed by atoms with Gasteiger partial charge in [0.15, 0.2) is 0 Å². The van der Waals surface area contributed by atoms with Crippen LogP contribution in [0.25, 0.3) is 0 Å². The molecule has 0 bridgehead atoms. The minimum atomic E-state index is -2.98. The predicted molar refractivity (Wildman–Crippen MR) is 87.4 cm³/mol. The number of halogens is 1. The number of rotatable bonds is 13. The molecule has 0 aromatic heterocycles. The standard InChI is InChI=1S/C14H30BrNO2S/c1-16(2)19(17,18)14-12-10-8-6-4-3-5-7-9-11-13-15/h3-14H2,1-2H3. The van der Waals surface area contributed by atoms with Gasteiger partial charge in [-0.2, -0.15) is 0 Å². The summed E-state index contributed by atoms with van der Waals surface area (Å²) in [7, 11) is 0.225. The van der Waals surface area contributed by atoms with Crippen LogP contribution in [0.3, 0.4) is 0 Å². The van der Waals surface area contributed by atoms with Crippen molar-refractivity contribution in [3.63, 3.8) is 0 Å². The van der Waals surface area contributed by atoms with Gasteiger partial charge >= 0.3 is 0 Å². The van der Waals surface area contributed by atoms with Crippen LogP contribution in [0.4, 0.5) is 0 Å². The van der Waals surface area contributed by atoms with E-state index in [2.05, 4.69) is 15.9 Å². The fraction of sp³-hybridized carbons (Fsp3) is 1.00. The predicted octanol–water partition coefficient (Wildman–Crippen LogP) is 4.17. The summed E-state index contributed by atoms with van der Waals surface area (Å²) >= 11 is 3.44. The van der Waals surface area contributed by atoms with E-state index in [1.165, 1.54) is 55.7 Å². The maximum atomic E-state index is 11.5. The number of hydrogen-bond donors (Lipinski definition) is 0. The molecule has 0 atom stereocenters. The molecule has 116 valence electrons. The fourth-order valence-corrected chi connectivity index (χ4v) is 3.31. The molecule has 5 heteroatoms. The Balaban J connectivity index is 3.24. The molecule has 0 aliphatic heterocycles. The van der Waals surface area contributed by atoms with Gasteiger partial charge in [0, 0.05) is 19.4 Å². The molecule has 0 aromatic carbocycles. The van der Waals surface area contributed by atoms with Crippen molar-refractivity contribution >= 4 is 26.0 Å². The molecule has 0 aromatic rings. The quantitative estimate of drug-likeness (QED) is 0.367. The van der Waals surface area contributed by atoms with Crippen molar-refractivity contribution in [2.45, 2.75) is 64.2 Å². The molecule has 0 amide bonds. The van der Waals surface area contributed by atoms with E-state index >= 15 is 0 Å². The molecule has 0 saturated carbocycles. The summed E-state index contributed by atoms with van der Waals surface area (Å²) in [6.07, 6.45) is 12.2. The average Bonchev–Trinajstić information content (AvgIpc) is 2.35. The highest BCUT2D eigenvalue weighted by atomic mass is 79.9. The van der Waals surface area contributed by atoms with Crippen LogP contribution in [0.1, 0.15) is 64.2 Å². The van der Waals surface area contributed by atoms with Crippen molar-refractivity contribution in [1.29, 1.82) is 0 Å². The van der Waals surface area contributed by atoms with Crippen molar-refractivity contribution in [2.75, 3.05) is 25.2 Å². The van der Waals surface area contributed by atoms with E-state index in [1.807, 2.05) is 0 Å². The highest BCUT2D eigenvalue weighted by Crippen LogP contribution is 2.11. The molecule has 0 saturated heterocycles. The Bertz CT molecular complexity index is 292. The summed E-state index contributed by atoms with van der Waals surface area (Å²) in [5.41, 5.74) is 0. The lowest BCUT2D eigenvalue weighted by Gasteiger charge is -2.10. The van der Waals surface area contributed by atoms with Gasteiger partial charge in [-0.3, -0.25) is 0 Å². The van der Waals surface area contributed by atoms with Crippen LogP contribution in [-0.4, -0.2) is 37.9 Å². The molecule has 3 nitrogen and oxygen atoms in total. The minimum absolute atomic E-state index is 0.298. The third-order valence-electron chi connectivity index (χ3n) is 3.34. The Kier molecular flexibility index (Phi) is 12.4. The van der Waals surface area contributed by atoms with Crippen LogP contribution >= 0.6 is 15.9 Å². The first-order valence-corrected chi connectivity index (χ1v) is 10.2. The van der Waals surface area contributed by atoms with Crippen LogP contribution < -0.4 is 0 Å². The van der Waals surface area contributed by atoms with Crippen molar-refractivity contribution in [3.05, 3.63) is 0 Å². The molecule has 0 aliphatic rings. The first kappa shape index (κ1) is 19.4. The van der Waals surface area contributed by atoms with Crippen LogP contribution in [-0.2, 0) is 10.0 Å². The lowest BCUT2D eigenvalue weighted by atomic mass is 10.1. The Hall–Kier alpha value is 0.390. The van der Waals surface area contributed by atoms with Crippen LogP contribution in [0, 0.1) is 0 Å². The van der Waals surface area contributed by atoms with Gasteiger partial charge in [0.2, 0.25) is 10.0 Å². The molecule has 0 unspecified atom stereocenters. The van der Waals surface area contributed by atoms with Gasteiger partial charge < -0.3 is 0 Å². The van der Waals surface area contributed by atoms with E-state index < -0.39 is 10.0 Å². The number of hydrogen-bond acceptors (Lipinski definition) is 2. The van der Waals surface area contributed by atoms with E-state index in [-0.39, 0.29) is 0 Å². The second-order valence-electron chi connectivity index (χ2n) is 5.32. The lowest BCUT2D eigenvalue weighted by molar-refractivity contribution is 0.514. The molecule has 0 heterocycles. The van der Waals surface area contributed by atoms with E-state index in [9.17, 15) is 8.42 Å². The summed E-state index contributed by atoms with van der Waals surface area (Å²) in [5, 5.41) is 1.13. The first-order chi connectivity index (χ1) is 9.00. The van der Waals surface area contributed by atoms with Crippen LogP contribution in [0.2, 0.25) is 0 Å². The number of unbranched alkanes of at least 4 members (excludes halogenated alkanes) is 9. The van der Waals surface area contributed by atoms with E-state index in [4.69, 9.17) is 0 Å². The number of alkyl halides is 1. The smallest absolute Gasteiger partial charge is 0.212 e. The third-order valence-corrected chi connectivity index (χ3v) is 5.82. The Morgan fingerprint density at radius 3 is 1.47 bits per heavy atom. The molecule has 0 fully saturated rings. The van der Waals surface area contributed by atoms with Gasteiger partial charge in [-0.15, -0.1) is 0 Å². The second kappa shape index (κ2) is 12.2. The van der Waals surface area contributed by atoms with Gasteiger partial charge in [0.25, 0.3) is 0 Å². The fourth-order valence-electron chi connectivity index (χ4n) is 1.98. The maximum absolute atomic E-state index is 11.5. The molecule has 0 radical (unpaired) electrons. The van der Waals surface area contributed by atoms with Crippen molar-refractivity contribution < 1.29 is 8.42 Å². The van der Waals surface area contributed by atoms with Crippen molar-refractivity contribution in [3.8, 4) is 0 Å². The summed E-state index contributed by atoms with van der Waals surface area (Å²) < 4.78 is 24.3. The monoisotopic (exact) mass is 355 g/mol. The van der Waals surface area contributed by atoms with Gasteiger partial charge in [-0.05, 0) is 12.8 Å². The molecule has 0 spiro atoms. The molecule has 0 rings (SSSR count). The van der Waals surface area contributed by atoms with E-state index in [1.54, 1.807) is 14.1 Å². The number of nitrogens with zero attached hydrogens (tertiary/aromatic N) is 1. The molecular formula is C14H30BrNO2S. The zero-order valence-electron chi connectivity index (χ0n) is 12.5. The van der Waals surface area contributed by atoms with Crippen molar-refractivity contribution in [1.82, 2.24) is 4.31 Å². The summed E-state index contributed by atoms with van der Waals surface area (Å²) in [4.78, 5) is 0. The third kappa shape index (κ3) is 11.9. The molecule has 0 N–H and O–H groups in total. The Labute approximate surface area is 128 Å². The van der Waals surface area contributed by atoms with E-state index in [0.29, 0.717) is 5.75 Å². The van der Waals surface area contributed by atoms with Crippen LogP contribution in [0.15, 0.2) is 0 Å². The topological polar surface area (TPSA) is 37.4 Å². The van der Waals surface area contributed by atoms with Gasteiger partial charge in [-0.25, -0.2) is 12.7 Å². The zero-order valence-corrected chi connectivity index (χ0v) is 14.9. The highest BCUT2D eigenvalue weighted by Gasteiger charge is 2.11. The average molecular weight is 356 g/mol. The number of sulfonamides is 1. The van der Waals surface area contributed by atoms with Gasteiger partial charge in [0.05, 0.1) is 5.75 Å². The van der Waals surface area contributed by atoms with Crippen LogP contribution in [0.5, 0.6) is 0 Å². The Morgan fingerprint density at radius 1 is 0.737 bits per heavy atom. The van der Waals surface area contributed by atoms with Crippen molar-refractivity contribution in [2.24, 2.45) is 0 Å². The van der Waals surface area contributed by atoms with Gasteiger partial charge in [0.1, 0.15) is 0 Å². The minimum Gasteiger partial charge on any atom is -0.212 e. The summed E-state index contributed by atoms with van der Waals surface area (Å²) in [6.45, 7) is 0. The first-order valence-electron chi connectivity index (χ1n) is 7.47. The second-order valence-corrected chi connectivity index (χ2v) is 8.42. The zero-order chi connectivity index (χ0) is 14.6. The Morgan fingerprint density at radius 2 is 1.11 bits per heavy atom. The van der Waals surface area contributed by atoms with E-state index in [0.717, 1.165) is 18.2 Å². The lowest BCUT2D eigenvalue weighted by Crippen LogP contribution is -2.24. The summed E-state index contributed by atoms with van der Waals surface area (Å²) in [5.74, 6) is 0.298. The highest BCUT2D eigenvalue weighted by molar-refractivity contribution is 9.09. The van der Waals surface area contributed by atoms with Gasteiger partial charge in [-0.1, -0.05) is 67.3 Å². The largest absolute Gasteiger partial charge is 0.213 e. The maximum Gasteiger partial charge on any atom is 0.213 e. The SMILES string of the molecule is CN(C)S(=O)(=O)CCCCCCCCCCCCBr. The molecule has 0 aliphatic carbocycles. The molecule has 19 heavy (non-hydrogen) atoms.